The second-order valence-corrected chi connectivity index (χ2v) is 2.63. The molecule has 0 amide bonds. The van der Waals surface area contributed by atoms with Crippen LogP contribution in [-0.4, -0.2) is 9.78 Å². The first-order chi connectivity index (χ1) is 6.66. The average Bonchev–Trinajstić information content (AvgIpc) is 2.47. The number of hydrogen-bond acceptors (Lipinski definition) is 1. The Balaban J connectivity index is 0. The van der Waals surface area contributed by atoms with Crippen molar-refractivity contribution < 1.29 is 0 Å². The maximum atomic E-state index is 4.30. The summed E-state index contributed by atoms with van der Waals surface area (Å²) in [4.78, 5) is 0. The van der Waals surface area contributed by atoms with Crippen molar-refractivity contribution in [2.45, 2.75) is 54.9 Å². The summed E-state index contributed by atoms with van der Waals surface area (Å²) < 4.78 is 1.94. The summed E-state index contributed by atoms with van der Waals surface area (Å²) in [7, 11) is 1.99. The standard InChI is InChI=1S/C8H14N2.2C2H6/c1-5-8-6(2)9-10(4)7(8)3;2*1-2/h5H2,1-4H3;2*1-2H3. The number of aromatic nitrogens is 2. The van der Waals surface area contributed by atoms with Gasteiger partial charge in [0.05, 0.1) is 5.69 Å². The molecule has 0 radical (unpaired) electrons. The van der Waals surface area contributed by atoms with Crippen LogP contribution >= 0.6 is 0 Å². The molecule has 1 heterocycles. The number of aryl methyl sites for hydroxylation is 2. The molecule has 1 aromatic heterocycles. The molecule has 2 heteroatoms. The fraction of sp³-hybridized carbons (Fsp3) is 0.750. The highest BCUT2D eigenvalue weighted by Gasteiger charge is 2.05. The summed E-state index contributed by atoms with van der Waals surface area (Å²) in [6.45, 7) is 14.3. The molecule has 0 N–H and O–H groups in total. The molecule has 1 rings (SSSR count). The van der Waals surface area contributed by atoms with E-state index < -0.39 is 0 Å². The van der Waals surface area contributed by atoms with Crippen molar-refractivity contribution in [3.63, 3.8) is 0 Å². The SMILES string of the molecule is CC.CC.CCc1c(C)nn(C)c1C. The molecule has 1 aromatic rings. The van der Waals surface area contributed by atoms with E-state index in [0.29, 0.717) is 0 Å². The summed E-state index contributed by atoms with van der Waals surface area (Å²) in [6, 6.07) is 0. The normalized spacial score (nSPS) is 8.29. The molecule has 0 fully saturated rings. The lowest BCUT2D eigenvalue weighted by Gasteiger charge is -1.94. The molecule has 0 aliphatic rings. The van der Waals surface area contributed by atoms with Gasteiger partial charge in [-0.2, -0.15) is 5.10 Å². The van der Waals surface area contributed by atoms with E-state index in [0.717, 1.165) is 6.42 Å². The topological polar surface area (TPSA) is 17.8 Å². The van der Waals surface area contributed by atoms with Gasteiger partial charge in [0.1, 0.15) is 0 Å². The Labute approximate surface area is 89.3 Å². The van der Waals surface area contributed by atoms with Crippen LogP contribution < -0.4 is 0 Å². The number of nitrogens with zero attached hydrogens (tertiary/aromatic N) is 2. The monoisotopic (exact) mass is 198 g/mol. The van der Waals surface area contributed by atoms with Crippen LogP contribution in [0, 0.1) is 13.8 Å². The van der Waals surface area contributed by atoms with Crippen LogP contribution in [0.4, 0.5) is 0 Å². The molecular formula is C12H26N2. The van der Waals surface area contributed by atoms with Crippen LogP contribution in [0.25, 0.3) is 0 Å². The van der Waals surface area contributed by atoms with Gasteiger partial charge >= 0.3 is 0 Å². The average molecular weight is 198 g/mol. The lowest BCUT2D eigenvalue weighted by atomic mass is 10.1. The fourth-order valence-electron chi connectivity index (χ4n) is 1.33. The van der Waals surface area contributed by atoms with Crippen molar-refractivity contribution in [3.8, 4) is 0 Å². The summed E-state index contributed by atoms with van der Waals surface area (Å²) in [5, 5.41) is 4.30. The zero-order valence-corrected chi connectivity index (χ0v) is 11.1. The van der Waals surface area contributed by atoms with E-state index in [1.165, 1.54) is 17.0 Å². The first-order valence-corrected chi connectivity index (χ1v) is 5.66. The molecule has 0 aliphatic heterocycles. The lowest BCUT2D eigenvalue weighted by molar-refractivity contribution is 0.730. The minimum atomic E-state index is 1.09. The van der Waals surface area contributed by atoms with Gasteiger partial charge in [-0.1, -0.05) is 34.6 Å². The smallest absolute Gasteiger partial charge is 0.0628 e. The van der Waals surface area contributed by atoms with Crippen molar-refractivity contribution in [2.75, 3.05) is 0 Å². The second kappa shape index (κ2) is 8.79. The second-order valence-electron chi connectivity index (χ2n) is 2.63. The van der Waals surface area contributed by atoms with Crippen molar-refractivity contribution in [3.05, 3.63) is 17.0 Å². The number of rotatable bonds is 1. The van der Waals surface area contributed by atoms with Gasteiger partial charge in [0.15, 0.2) is 0 Å². The van der Waals surface area contributed by atoms with Gasteiger partial charge in [-0.3, -0.25) is 4.68 Å². The van der Waals surface area contributed by atoms with Crippen molar-refractivity contribution >= 4 is 0 Å². The molecular weight excluding hydrogens is 172 g/mol. The molecule has 2 nitrogen and oxygen atoms in total. The molecule has 14 heavy (non-hydrogen) atoms. The van der Waals surface area contributed by atoms with Gasteiger partial charge in [-0.25, -0.2) is 0 Å². The van der Waals surface area contributed by atoms with E-state index in [2.05, 4.69) is 25.9 Å². The van der Waals surface area contributed by atoms with Crippen molar-refractivity contribution in [1.29, 1.82) is 0 Å². The highest BCUT2D eigenvalue weighted by Crippen LogP contribution is 2.11. The van der Waals surface area contributed by atoms with E-state index in [4.69, 9.17) is 0 Å². The predicted molar refractivity (Wildman–Crippen MR) is 64.8 cm³/mol. The van der Waals surface area contributed by atoms with E-state index in [1.54, 1.807) is 0 Å². The predicted octanol–water partition coefficient (Wildman–Crippen LogP) is 3.65. The van der Waals surface area contributed by atoms with Gasteiger partial charge in [-0.05, 0) is 25.8 Å². The first-order valence-electron chi connectivity index (χ1n) is 5.66. The van der Waals surface area contributed by atoms with E-state index in [-0.39, 0.29) is 0 Å². The maximum absolute atomic E-state index is 4.30. The summed E-state index contributed by atoms with van der Waals surface area (Å²) in [5.41, 5.74) is 3.85. The first kappa shape index (κ1) is 15.7. The van der Waals surface area contributed by atoms with Gasteiger partial charge < -0.3 is 0 Å². The van der Waals surface area contributed by atoms with Crippen LogP contribution in [0.2, 0.25) is 0 Å². The third-order valence-corrected chi connectivity index (χ3v) is 2.01. The molecule has 0 aromatic carbocycles. The highest BCUT2D eigenvalue weighted by molar-refractivity contribution is 5.23. The van der Waals surface area contributed by atoms with E-state index in [9.17, 15) is 0 Å². The van der Waals surface area contributed by atoms with E-state index >= 15 is 0 Å². The third kappa shape index (κ3) is 3.95. The minimum absolute atomic E-state index is 1.09. The Hall–Kier alpha value is -0.790. The quantitative estimate of drug-likeness (QED) is 0.673. The lowest BCUT2D eigenvalue weighted by Crippen LogP contribution is -1.93. The zero-order valence-electron chi connectivity index (χ0n) is 11.1. The van der Waals surface area contributed by atoms with E-state index in [1.807, 2.05) is 39.4 Å². The summed E-state index contributed by atoms with van der Waals surface area (Å²) in [6.07, 6.45) is 1.09. The molecule has 0 atom stereocenters. The van der Waals surface area contributed by atoms with Gasteiger partial charge in [-0.15, -0.1) is 0 Å². The molecule has 0 unspecified atom stereocenters. The van der Waals surface area contributed by atoms with Crippen LogP contribution in [0.5, 0.6) is 0 Å². The molecule has 0 aliphatic carbocycles. The Bertz CT molecular complexity index is 237. The molecule has 0 spiro atoms. The van der Waals surface area contributed by atoms with Crippen LogP contribution in [0.1, 0.15) is 51.6 Å². The Morgan fingerprint density at radius 2 is 1.50 bits per heavy atom. The van der Waals surface area contributed by atoms with Gasteiger partial charge in [0.25, 0.3) is 0 Å². The van der Waals surface area contributed by atoms with Crippen LogP contribution in [-0.2, 0) is 13.5 Å². The fourth-order valence-corrected chi connectivity index (χ4v) is 1.33. The third-order valence-electron chi connectivity index (χ3n) is 2.01. The van der Waals surface area contributed by atoms with Crippen LogP contribution in [0.3, 0.4) is 0 Å². The Kier molecular flexibility index (Phi) is 9.84. The largest absolute Gasteiger partial charge is 0.272 e. The van der Waals surface area contributed by atoms with Crippen molar-refractivity contribution in [1.82, 2.24) is 9.78 Å². The number of hydrogen-bond donors (Lipinski definition) is 0. The Morgan fingerprint density at radius 3 is 1.64 bits per heavy atom. The minimum Gasteiger partial charge on any atom is -0.272 e. The van der Waals surface area contributed by atoms with Crippen LogP contribution in [0.15, 0.2) is 0 Å². The summed E-state index contributed by atoms with van der Waals surface area (Å²) >= 11 is 0. The summed E-state index contributed by atoms with van der Waals surface area (Å²) in [5.74, 6) is 0. The maximum Gasteiger partial charge on any atom is 0.0628 e. The molecule has 0 saturated heterocycles. The van der Waals surface area contributed by atoms with Crippen molar-refractivity contribution in [2.24, 2.45) is 7.05 Å². The molecule has 84 valence electrons. The highest BCUT2D eigenvalue weighted by atomic mass is 15.3. The Morgan fingerprint density at radius 1 is 1.07 bits per heavy atom. The van der Waals surface area contributed by atoms with Gasteiger partial charge in [0, 0.05) is 12.7 Å². The van der Waals surface area contributed by atoms with Gasteiger partial charge in [0.2, 0.25) is 0 Å². The molecule has 0 saturated carbocycles. The zero-order chi connectivity index (χ0) is 11.7. The molecule has 0 bridgehead atoms.